The molecule has 0 amide bonds. The predicted octanol–water partition coefficient (Wildman–Crippen LogP) is 3.62. The number of aryl methyl sites for hydroxylation is 2. The number of hydrogen-bond donors (Lipinski definition) is 2. The molecule has 1 atom stereocenters. The zero-order valence-corrected chi connectivity index (χ0v) is 14.8. The van der Waals surface area contributed by atoms with Crippen LogP contribution in [0.25, 0.3) is 10.2 Å². The number of nitrogens with zero attached hydrogens (tertiary/aromatic N) is 3. The van der Waals surface area contributed by atoms with Gasteiger partial charge in [0.2, 0.25) is 0 Å². The van der Waals surface area contributed by atoms with Crippen molar-refractivity contribution in [1.29, 1.82) is 0 Å². The first kappa shape index (κ1) is 16.9. The molecule has 8 heteroatoms. The molecule has 3 aromatic rings. The van der Waals surface area contributed by atoms with Gasteiger partial charge in [0.15, 0.2) is 0 Å². The fourth-order valence-corrected chi connectivity index (χ4v) is 4.58. The minimum absolute atomic E-state index is 0.0105. The molecule has 0 saturated heterocycles. The molecule has 134 valence electrons. The summed E-state index contributed by atoms with van der Waals surface area (Å²) < 4.78 is 0. The van der Waals surface area contributed by atoms with E-state index in [4.69, 9.17) is 0 Å². The number of nitrogens with one attached hydrogen (secondary N) is 1. The number of anilines is 1. The molecule has 1 aromatic carbocycles. The van der Waals surface area contributed by atoms with Gasteiger partial charge in [-0.05, 0) is 48.9 Å². The van der Waals surface area contributed by atoms with Crippen molar-refractivity contribution in [1.82, 2.24) is 9.97 Å². The first-order valence-electron chi connectivity index (χ1n) is 8.55. The van der Waals surface area contributed by atoms with E-state index < -0.39 is 11.0 Å². The summed E-state index contributed by atoms with van der Waals surface area (Å²) in [5.74, 6) is 0.746. The third kappa shape index (κ3) is 3.13. The fraction of sp³-hybridized carbons (Fsp3) is 0.333. The Morgan fingerprint density at radius 2 is 2.00 bits per heavy atom. The number of nitro benzene ring substituents is 1. The molecule has 0 saturated carbocycles. The second-order valence-electron chi connectivity index (χ2n) is 6.36. The normalized spacial score (nSPS) is 14.8. The first-order valence-corrected chi connectivity index (χ1v) is 9.36. The molecule has 0 bridgehead atoms. The smallest absolute Gasteiger partial charge is 0.269 e. The zero-order chi connectivity index (χ0) is 18.1. The maximum absolute atomic E-state index is 10.7. The van der Waals surface area contributed by atoms with Gasteiger partial charge in [-0.25, -0.2) is 9.97 Å². The van der Waals surface area contributed by atoms with E-state index >= 15 is 0 Å². The van der Waals surface area contributed by atoms with Gasteiger partial charge in [0.25, 0.3) is 5.69 Å². The summed E-state index contributed by atoms with van der Waals surface area (Å²) in [6.07, 6.45) is 5.30. The van der Waals surface area contributed by atoms with Crippen molar-refractivity contribution in [3.05, 3.63) is 56.7 Å². The van der Waals surface area contributed by atoms with Crippen molar-refractivity contribution in [3.8, 4) is 0 Å². The Labute approximate surface area is 153 Å². The summed E-state index contributed by atoms with van der Waals surface area (Å²) >= 11 is 1.73. The van der Waals surface area contributed by atoms with Crippen molar-refractivity contribution in [3.63, 3.8) is 0 Å². The number of benzene rings is 1. The van der Waals surface area contributed by atoms with Crippen LogP contribution in [-0.4, -0.2) is 26.5 Å². The van der Waals surface area contributed by atoms with E-state index in [0.717, 1.165) is 28.9 Å². The van der Waals surface area contributed by atoms with Crippen LogP contribution in [0.4, 0.5) is 11.5 Å². The van der Waals surface area contributed by atoms with Gasteiger partial charge in [-0.2, -0.15) is 0 Å². The van der Waals surface area contributed by atoms with Crippen molar-refractivity contribution >= 4 is 33.1 Å². The second-order valence-corrected chi connectivity index (χ2v) is 7.44. The molecule has 7 nitrogen and oxygen atoms in total. The summed E-state index contributed by atoms with van der Waals surface area (Å²) in [4.78, 5) is 21.4. The van der Waals surface area contributed by atoms with Gasteiger partial charge in [-0.3, -0.25) is 10.1 Å². The van der Waals surface area contributed by atoms with E-state index in [-0.39, 0.29) is 12.2 Å². The van der Waals surface area contributed by atoms with Crippen LogP contribution in [0.2, 0.25) is 0 Å². The lowest BCUT2D eigenvalue weighted by Gasteiger charge is -2.15. The van der Waals surface area contributed by atoms with Crippen molar-refractivity contribution in [2.45, 2.75) is 31.8 Å². The lowest BCUT2D eigenvalue weighted by molar-refractivity contribution is -0.384. The average molecular weight is 370 g/mol. The number of aliphatic hydroxyl groups is 1. The van der Waals surface area contributed by atoms with Crippen LogP contribution in [0.5, 0.6) is 0 Å². The van der Waals surface area contributed by atoms with Gasteiger partial charge in [0.1, 0.15) is 17.0 Å². The first-order chi connectivity index (χ1) is 12.6. The van der Waals surface area contributed by atoms with Crippen molar-refractivity contribution < 1.29 is 10.0 Å². The molecule has 2 heterocycles. The summed E-state index contributed by atoms with van der Waals surface area (Å²) in [6, 6.07) is 5.95. The Bertz CT molecular complexity index is 955. The maximum Gasteiger partial charge on any atom is 0.269 e. The minimum Gasteiger partial charge on any atom is -0.387 e. The molecule has 2 N–H and O–H groups in total. The Kier molecular flexibility index (Phi) is 4.52. The van der Waals surface area contributed by atoms with E-state index in [0.29, 0.717) is 5.56 Å². The molecule has 0 radical (unpaired) electrons. The molecular weight excluding hydrogens is 352 g/mol. The van der Waals surface area contributed by atoms with Gasteiger partial charge < -0.3 is 10.4 Å². The van der Waals surface area contributed by atoms with Crippen LogP contribution in [0.1, 0.15) is 34.9 Å². The SMILES string of the molecule is O=[N+]([O-])c1ccc([C@@H](O)CNc2ncnc3sc4c(c23)CCCC4)cc1. The Morgan fingerprint density at radius 1 is 1.23 bits per heavy atom. The quantitative estimate of drug-likeness (QED) is 0.525. The van der Waals surface area contributed by atoms with Crippen molar-refractivity contribution in [2.75, 3.05) is 11.9 Å². The van der Waals surface area contributed by atoms with E-state index in [9.17, 15) is 15.2 Å². The van der Waals surface area contributed by atoms with Crippen LogP contribution in [0.15, 0.2) is 30.6 Å². The third-order valence-electron chi connectivity index (χ3n) is 4.70. The molecule has 1 aliphatic carbocycles. The maximum atomic E-state index is 10.7. The predicted molar refractivity (Wildman–Crippen MR) is 101 cm³/mol. The number of hydrogen-bond acceptors (Lipinski definition) is 7. The summed E-state index contributed by atoms with van der Waals surface area (Å²) in [7, 11) is 0. The highest BCUT2D eigenvalue weighted by Crippen LogP contribution is 2.38. The number of fused-ring (bicyclic) bond motifs is 3. The molecule has 26 heavy (non-hydrogen) atoms. The molecule has 0 fully saturated rings. The van der Waals surface area contributed by atoms with Crippen LogP contribution in [0.3, 0.4) is 0 Å². The summed E-state index contributed by atoms with van der Waals surface area (Å²) in [5.41, 5.74) is 1.97. The van der Waals surface area contributed by atoms with Gasteiger partial charge in [0.05, 0.1) is 16.4 Å². The number of aromatic nitrogens is 2. The highest BCUT2D eigenvalue weighted by Gasteiger charge is 2.20. The minimum atomic E-state index is -0.782. The van der Waals surface area contributed by atoms with Gasteiger partial charge in [-0.1, -0.05) is 0 Å². The number of non-ortho nitro benzene ring substituents is 1. The molecule has 2 aromatic heterocycles. The lowest BCUT2D eigenvalue weighted by atomic mass is 9.97. The van der Waals surface area contributed by atoms with Crippen LogP contribution in [-0.2, 0) is 12.8 Å². The monoisotopic (exact) mass is 370 g/mol. The molecule has 0 unspecified atom stereocenters. The average Bonchev–Trinajstić information content (AvgIpc) is 3.05. The highest BCUT2D eigenvalue weighted by molar-refractivity contribution is 7.19. The number of aliphatic hydroxyl groups excluding tert-OH is 1. The van der Waals surface area contributed by atoms with Crippen LogP contribution in [0, 0.1) is 10.1 Å². The van der Waals surface area contributed by atoms with Crippen LogP contribution >= 0.6 is 11.3 Å². The number of thiophene rings is 1. The Balaban J connectivity index is 1.54. The topological polar surface area (TPSA) is 101 Å². The van der Waals surface area contributed by atoms with Gasteiger partial charge in [0, 0.05) is 23.6 Å². The third-order valence-corrected chi connectivity index (χ3v) is 5.90. The summed E-state index contributed by atoms with van der Waals surface area (Å²) in [5, 5.41) is 25.4. The standard InChI is InChI=1S/C18H18N4O3S/c23-14(11-5-7-12(8-6-11)22(24)25)9-19-17-16-13-3-1-2-4-15(13)26-18(16)21-10-20-17/h5-8,10,14,23H,1-4,9H2,(H,19,20,21)/t14-/m0/s1. The fourth-order valence-electron chi connectivity index (χ4n) is 3.35. The van der Waals surface area contributed by atoms with E-state index in [1.54, 1.807) is 29.8 Å². The largest absolute Gasteiger partial charge is 0.387 e. The molecule has 0 aliphatic heterocycles. The number of nitro groups is 1. The Morgan fingerprint density at radius 3 is 2.77 bits per heavy atom. The summed E-state index contributed by atoms with van der Waals surface area (Å²) in [6.45, 7) is 0.272. The molecule has 4 rings (SSSR count). The molecule has 0 spiro atoms. The zero-order valence-electron chi connectivity index (χ0n) is 14.0. The lowest BCUT2D eigenvalue weighted by Crippen LogP contribution is -2.13. The van der Waals surface area contributed by atoms with E-state index in [1.807, 2.05) is 0 Å². The molecular formula is C18H18N4O3S. The number of rotatable bonds is 5. The van der Waals surface area contributed by atoms with Gasteiger partial charge in [-0.15, -0.1) is 11.3 Å². The Hall–Kier alpha value is -2.58. The highest BCUT2D eigenvalue weighted by atomic mass is 32.1. The van der Waals surface area contributed by atoms with Gasteiger partial charge >= 0.3 is 0 Å². The molecule has 1 aliphatic rings. The van der Waals surface area contributed by atoms with Crippen molar-refractivity contribution in [2.24, 2.45) is 0 Å². The second kappa shape index (κ2) is 6.97. The van der Waals surface area contributed by atoms with Crippen LogP contribution < -0.4 is 5.32 Å². The van der Waals surface area contributed by atoms with E-state index in [2.05, 4.69) is 15.3 Å². The van der Waals surface area contributed by atoms with E-state index in [1.165, 1.54) is 35.4 Å².